The molecule has 1 atom stereocenters. The van der Waals surface area contributed by atoms with E-state index in [2.05, 4.69) is 0 Å². The summed E-state index contributed by atoms with van der Waals surface area (Å²) in [6.07, 6.45) is 1.92. The van der Waals surface area contributed by atoms with Crippen LogP contribution in [0.3, 0.4) is 0 Å². The Morgan fingerprint density at radius 3 is 2.38 bits per heavy atom. The topological polar surface area (TPSA) is 79.3 Å². The number of aliphatic imine (C=N–C) groups is 1. The molecule has 7 nitrogen and oxygen atoms in total. The summed E-state index contributed by atoms with van der Waals surface area (Å²) in [6.45, 7) is 4.20. The van der Waals surface area contributed by atoms with Crippen LogP contribution in [0.2, 0.25) is 0 Å². The molecule has 1 saturated heterocycles. The Hall–Kier alpha value is -3.56. The van der Waals surface area contributed by atoms with Gasteiger partial charge in [0.05, 0.1) is 44.5 Å². The molecule has 0 aliphatic carbocycles. The summed E-state index contributed by atoms with van der Waals surface area (Å²) in [7, 11) is 0. The van der Waals surface area contributed by atoms with Gasteiger partial charge in [0.2, 0.25) is 5.91 Å². The lowest BCUT2D eigenvalue weighted by Crippen LogP contribution is -2.47. The van der Waals surface area contributed by atoms with E-state index in [1.165, 1.54) is 36.4 Å². The molecule has 1 fully saturated rings. The largest absolute Gasteiger partial charge is 0.376 e. The first-order valence-corrected chi connectivity index (χ1v) is 13.7. The molecule has 40 heavy (non-hydrogen) atoms. The van der Waals surface area contributed by atoms with Crippen LogP contribution in [0.15, 0.2) is 64.8 Å². The maximum Gasteiger partial charge on any atom is 0.237 e. The maximum absolute atomic E-state index is 13.7. The molecule has 0 N–H and O–H groups in total. The minimum atomic E-state index is -0.377. The van der Waals surface area contributed by atoms with Crippen molar-refractivity contribution in [2.45, 2.75) is 38.6 Å². The third-order valence-corrected chi connectivity index (χ3v) is 8.01. The Morgan fingerprint density at radius 1 is 1.05 bits per heavy atom. The van der Waals surface area contributed by atoms with Crippen LogP contribution in [0.5, 0.6) is 0 Å². The Bertz CT molecular complexity index is 1330. The first-order valence-electron chi connectivity index (χ1n) is 13.7. The van der Waals surface area contributed by atoms with Crippen LogP contribution in [0.4, 0.5) is 8.78 Å². The Labute approximate surface area is 232 Å². The minimum Gasteiger partial charge on any atom is -0.376 e. The van der Waals surface area contributed by atoms with Crippen molar-refractivity contribution in [1.29, 1.82) is 0 Å². The number of ether oxygens (including phenoxy) is 1. The number of hydrogen-bond donors (Lipinski definition) is 0. The van der Waals surface area contributed by atoms with Gasteiger partial charge < -0.3 is 9.64 Å². The number of halogens is 2. The van der Waals surface area contributed by atoms with E-state index in [4.69, 9.17) is 9.73 Å². The van der Waals surface area contributed by atoms with Gasteiger partial charge in [-0.3, -0.25) is 24.3 Å². The second-order valence-electron chi connectivity index (χ2n) is 10.7. The summed E-state index contributed by atoms with van der Waals surface area (Å²) in [6, 6.07) is 11.3. The summed E-state index contributed by atoms with van der Waals surface area (Å²) in [5, 5.41) is 0. The predicted molar refractivity (Wildman–Crippen MR) is 146 cm³/mol. The molecule has 0 saturated carbocycles. The monoisotopic (exact) mass is 549 g/mol. The van der Waals surface area contributed by atoms with E-state index in [1.807, 2.05) is 11.8 Å². The highest BCUT2D eigenvalue weighted by Crippen LogP contribution is 2.27. The number of carbonyl (C=O) groups is 3. The molecule has 3 aliphatic heterocycles. The van der Waals surface area contributed by atoms with E-state index < -0.39 is 0 Å². The number of nitrogens with zero attached hydrogens (tertiary/aromatic N) is 3. The fraction of sp³-hybridized carbons (Fsp3) is 0.419. The molecule has 0 radical (unpaired) electrons. The SMILES string of the molecule is C[C@H](c1ccc(F)cc1)N(CC1=NC2=C(COCC2)C(=O)C1)C(=O)CN1CCC(C(=O)c2ccc(F)cc2)CC1. The molecule has 2 aromatic carbocycles. The van der Waals surface area contributed by atoms with E-state index >= 15 is 0 Å². The first-order chi connectivity index (χ1) is 19.3. The fourth-order valence-corrected chi connectivity index (χ4v) is 5.60. The van der Waals surface area contributed by atoms with Gasteiger partial charge in [0.1, 0.15) is 11.6 Å². The van der Waals surface area contributed by atoms with Crippen LogP contribution < -0.4 is 0 Å². The van der Waals surface area contributed by atoms with Gasteiger partial charge in [-0.05, 0) is 74.8 Å². The minimum absolute atomic E-state index is 0.000649. The van der Waals surface area contributed by atoms with Crippen molar-refractivity contribution in [3.05, 3.63) is 82.6 Å². The average molecular weight is 550 g/mol. The van der Waals surface area contributed by atoms with Gasteiger partial charge in [-0.1, -0.05) is 12.1 Å². The maximum atomic E-state index is 13.7. The van der Waals surface area contributed by atoms with E-state index in [0.717, 1.165) is 11.3 Å². The molecule has 9 heteroatoms. The molecule has 2 aromatic rings. The quantitative estimate of drug-likeness (QED) is 0.452. The number of likely N-dealkylation sites (tertiary alicyclic amines) is 1. The highest BCUT2D eigenvalue weighted by atomic mass is 19.1. The van der Waals surface area contributed by atoms with Crippen LogP contribution in [0.25, 0.3) is 0 Å². The lowest BCUT2D eigenvalue weighted by atomic mass is 9.89. The van der Waals surface area contributed by atoms with Crippen LogP contribution in [0.1, 0.15) is 54.6 Å². The molecule has 0 aromatic heterocycles. The van der Waals surface area contributed by atoms with Gasteiger partial charge in [-0.2, -0.15) is 0 Å². The van der Waals surface area contributed by atoms with Crippen molar-refractivity contribution in [3.63, 3.8) is 0 Å². The third kappa shape index (κ3) is 6.42. The molecule has 3 aliphatic rings. The summed E-state index contributed by atoms with van der Waals surface area (Å²) in [5.74, 6) is -1.04. The molecule has 0 spiro atoms. The normalized spacial score (nSPS) is 19.2. The number of rotatable bonds is 8. The van der Waals surface area contributed by atoms with Crippen molar-refractivity contribution < 1.29 is 27.9 Å². The van der Waals surface area contributed by atoms with Crippen LogP contribution in [0, 0.1) is 17.6 Å². The van der Waals surface area contributed by atoms with Crippen molar-refractivity contribution in [2.75, 3.05) is 39.4 Å². The standard InChI is InChI=1S/C31H33F2N3O4/c1-20(21-2-6-24(32)7-3-21)36(17-26-16-29(37)27-19-40-15-12-28(27)34-26)30(38)18-35-13-10-23(11-14-35)31(39)22-4-8-25(33)9-5-22/h2-9,20,23H,10-19H2,1H3/t20-/m1/s1. The van der Waals surface area contributed by atoms with Gasteiger partial charge in [-0.15, -0.1) is 0 Å². The van der Waals surface area contributed by atoms with Gasteiger partial charge in [-0.25, -0.2) is 8.78 Å². The number of hydrogen-bond acceptors (Lipinski definition) is 6. The Kier molecular flexibility index (Phi) is 8.61. The molecule has 5 rings (SSSR count). The zero-order chi connectivity index (χ0) is 28.2. The predicted octanol–water partition coefficient (Wildman–Crippen LogP) is 4.54. The summed E-state index contributed by atoms with van der Waals surface area (Å²) >= 11 is 0. The smallest absolute Gasteiger partial charge is 0.237 e. The molecule has 0 unspecified atom stereocenters. The third-order valence-electron chi connectivity index (χ3n) is 8.01. The molecule has 1 amide bonds. The van der Waals surface area contributed by atoms with Crippen LogP contribution in [-0.4, -0.2) is 72.4 Å². The molecule has 0 bridgehead atoms. The molecule has 3 heterocycles. The van der Waals surface area contributed by atoms with E-state index in [1.54, 1.807) is 17.0 Å². The van der Waals surface area contributed by atoms with Gasteiger partial charge in [0, 0.05) is 29.2 Å². The van der Waals surface area contributed by atoms with Crippen LogP contribution >= 0.6 is 0 Å². The molecular formula is C31H33F2N3O4. The number of Topliss-reactive ketones (excluding diaryl/α,β-unsaturated/α-hetero) is 2. The Morgan fingerprint density at radius 2 is 1.70 bits per heavy atom. The van der Waals surface area contributed by atoms with Crippen molar-refractivity contribution in [3.8, 4) is 0 Å². The van der Waals surface area contributed by atoms with Gasteiger partial charge >= 0.3 is 0 Å². The van der Waals surface area contributed by atoms with Crippen LogP contribution in [-0.2, 0) is 14.3 Å². The number of ketones is 2. The number of benzene rings is 2. The zero-order valence-electron chi connectivity index (χ0n) is 22.6. The lowest BCUT2D eigenvalue weighted by Gasteiger charge is -2.35. The second kappa shape index (κ2) is 12.3. The van der Waals surface area contributed by atoms with Crippen molar-refractivity contribution in [2.24, 2.45) is 10.9 Å². The summed E-state index contributed by atoms with van der Waals surface area (Å²) in [4.78, 5) is 47.9. The van der Waals surface area contributed by atoms with E-state index in [9.17, 15) is 23.2 Å². The van der Waals surface area contributed by atoms with E-state index in [-0.39, 0.29) is 67.2 Å². The van der Waals surface area contributed by atoms with Crippen molar-refractivity contribution in [1.82, 2.24) is 9.80 Å². The van der Waals surface area contributed by atoms with Gasteiger partial charge in [0.25, 0.3) is 0 Å². The number of carbonyl (C=O) groups excluding carboxylic acids is 3. The number of piperidine rings is 1. The fourth-order valence-electron chi connectivity index (χ4n) is 5.60. The van der Waals surface area contributed by atoms with Crippen molar-refractivity contribution >= 4 is 23.2 Å². The highest BCUT2D eigenvalue weighted by molar-refractivity contribution is 6.13. The zero-order valence-corrected chi connectivity index (χ0v) is 22.6. The highest BCUT2D eigenvalue weighted by Gasteiger charge is 2.32. The molecular weight excluding hydrogens is 516 g/mol. The van der Waals surface area contributed by atoms with Gasteiger partial charge in [0.15, 0.2) is 11.6 Å². The molecule has 210 valence electrons. The second-order valence-corrected chi connectivity index (χ2v) is 10.7. The first kappa shape index (κ1) is 28.0. The lowest BCUT2D eigenvalue weighted by molar-refractivity contribution is -0.134. The van der Waals surface area contributed by atoms with E-state index in [0.29, 0.717) is 55.8 Å². The Balaban J connectivity index is 1.27. The average Bonchev–Trinajstić information content (AvgIpc) is 2.96. The summed E-state index contributed by atoms with van der Waals surface area (Å²) < 4.78 is 32.3. The number of amides is 1. The summed E-state index contributed by atoms with van der Waals surface area (Å²) in [5.41, 5.74) is 3.29.